The van der Waals surface area contributed by atoms with E-state index in [1.807, 2.05) is 11.8 Å². The quantitative estimate of drug-likeness (QED) is 0.0728. The molecule has 0 aliphatic heterocycles. The second kappa shape index (κ2) is 28.5. The molecule has 0 aliphatic rings. The lowest BCUT2D eigenvalue weighted by Gasteiger charge is -2.11. The Balaban J connectivity index is 1.93. The monoisotopic (exact) mass is 575 g/mol. The smallest absolute Gasteiger partial charge is 0.132 e. The van der Waals surface area contributed by atoms with Crippen LogP contribution in [-0.4, -0.2) is 10.9 Å². The molecule has 0 atom stereocenters. The number of phenolic OH excluding ortho intramolecular Hbond substituents is 1. The van der Waals surface area contributed by atoms with Gasteiger partial charge in [-0.1, -0.05) is 180 Å². The van der Waals surface area contributed by atoms with E-state index in [0.717, 1.165) is 22.6 Å². The first-order valence-corrected chi connectivity index (χ1v) is 19.1. The van der Waals surface area contributed by atoms with Crippen LogP contribution >= 0.6 is 11.8 Å². The van der Waals surface area contributed by atoms with Crippen LogP contribution in [0.3, 0.4) is 0 Å². The maximum atomic E-state index is 10.6. The molecule has 0 bridgehead atoms. The van der Waals surface area contributed by atoms with Crippen molar-refractivity contribution >= 4 is 11.8 Å². The van der Waals surface area contributed by atoms with Gasteiger partial charge in [0, 0.05) is 4.90 Å². The second-order valence-corrected chi connectivity index (χ2v) is 13.8. The number of hydrogen-bond acceptors (Lipinski definition) is 2. The van der Waals surface area contributed by atoms with Crippen molar-refractivity contribution in [3.63, 3.8) is 0 Å². The van der Waals surface area contributed by atoms with E-state index < -0.39 is 0 Å². The van der Waals surface area contributed by atoms with E-state index in [2.05, 4.69) is 32.9 Å². The average Bonchev–Trinajstić information content (AvgIpc) is 2.95. The molecule has 0 saturated heterocycles. The summed E-state index contributed by atoms with van der Waals surface area (Å²) in [5.74, 6) is 1.65. The van der Waals surface area contributed by atoms with E-state index in [4.69, 9.17) is 0 Å². The van der Waals surface area contributed by atoms with Gasteiger partial charge >= 0.3 is 0 Å². The highest BCUT2D eigenvalue weighted by Gasteiger charge is 2.08. The highest BCUT2D eigenvalue weighted by molar-refractivity contribution is 7.99. The molecule has 1 nitrogen and oxygen atoms in total. The maximum absolute atomic E-state index is 10.6. The molecule has 234 valence electrons. The maximum Gasteiger partial charge on any atom is 0.132 e. The summed E-state index contributed by atoms with van der Waals surface area (Å²) in [6.07, 6.45) is 39.2. The van der Waals surface area contributed by atoms with E-state index in [1.54, 1.807) is 0 Å². The van der Waals surface area contributed by atoms with E-state index >= 15 is 0 Å². The highest BCUT2D eigenvalue weighted by Crippen LogP contribution is 2.34. The lowest BCUT2D eigenvalue weighted by atomic mass is 10.0. The Bertz CT molecular complexity index is 670. The third-order valence-electron chi connectivity index (χ3n) is 8.65. The molecule has 0 aromatic heterocycles. The van der Waals surface area contributed by atoms with Gasteiger partial charge in [0.2, 0.25) is 0 Å². The molecule has 1 rings (SSSR count). The Morgan fingerprint density at radius 3 is 1.23 bits per heavy atom. The molecule has 40 heavy (non-hydrogen) atoms. The highest BCUT2D eigenvalue weighted by atomic mass is 32.2. The first-order chi connectivity index (χ1) is 19.7. The summed E-state index contributed by atoms with van der Waals surface area (Å²) in [5, 5.41) is 10.6. The minimum Gasteiger partial charge on any atom is -0.507 e. The van der Waals surface area contributed by atoms with Crippen molar-refractivity contribution in [3.8, 4) is 5.75 Å². The zero-order valence-electron chi connectivity index (χ0n) is 27.5. The van der Waals surface area contributed by atoms with Crippen molar-refractivity contribution in [2.75, 3.05) is 5.75 Å². The molecule has 0 heterocycles. The normalized spacial score (nSPS) is 11.5. The molecule has 2 heteroatoms. The second-order valence-electron chi connectivity index (χ2n) is 12.7. The zero-order chi connectivity index (χ0) is 28.9. The van der Waals surface area contributed by atoms with Crippen molar-refractivity contribution in [3.05, 3.63) is 23.3 Å². The molecular formula is C38H70OS. The fraction of sp³-hybridized carbons (Fsp3) is 0.842. The molecule has 1 aromatic carbocycles. The Kier molecular flexibility index (Phi) is 26.6. The van der Waals surface area contributed by atoms with Crippen molar-refractivity contribution in [2.45, 2.75) is 205 Å². The number of rotatable bonds is 30. The van der Waals surface area contributed by atoms with Gasteiger partial charge in [0.15, 0.2) is 0 Å². The summed E-state index contributed by atoms with van der Waals surface area (Å²) < 4.78 is 0. The minimum absolute atomic E-state index is 0.515. The van der Waals surface area contributed by atoms with Crippen LogP contribution in [0.25, 0.3) is 0 Å². The predicted molar refractivity (Wildman–Crippen MR) is 183 cm³/mol. The van der Waals surface area contributed by atoms with Gasteiger partial charge in [0.1, 0.15) is 5.75 Å². The molecule has 1 aromatic rings. The van der Waals surface area contributed by atoms with Crippen LogP contribution in [0.1, 0.15) is 198 Å². The van der Waals surface area contributed by atoms with Gasteiger partial charge in [-0.05, 0) is 49.1 Å². The topological polar surface area (TPSA) is 20.2 Å². The van der Waals surface area contributed by atoms with Gasteiger partial charge in [-0.2, -0.15) is 0 Å². The van der Waals surface area contributed by atoms with Crippen LogP contribution in [0.2, 0.25) is 0 Å². The third kappa shape index (κ3) is 22.0. The van der Waals surface area contributed by atoms with E-state index in [0.29, 0.717) is 5.75 Å². The Morgan fingerprint density at radius 1 is 0.475 bits per heavy atom. The van der Waals surface area contributed by atoms with Gasteiger partial charge in [-0.25, -0.2) is 0 Å². The Labute approximate surface area is 256 Å². The van der Waals surface area contributed by atoms with Crippen LogP contribution in [0, 0.1) is 6.92 Å². The SMILES string of the molecule is CCCCCCCCCCCCCCCCCCCCCCSc1cc(CCCCCCCCC)cc(C)c1O. The van der Waals surface area contributed by atoms with Crippen LogP contribution in [0.4, 0.5) is 0 Å². The largest absolute Gasteiger partial charge is 0.507 e. The van der Waals surface area contributed by atoms with Gasteiger partial charge in [0.25, 0.3) is 0 Å². The number of phenols is 1. The molecule has 0 saturated carbocycles. The summed E-state index contributed by atoms with van der Waals surface area (Å²) in [4.78, 5) is 1.11. The first kappa shape index (κ1) is 37.4. The summed E-state index contributed by atoms with van der Waals surface area (Å²) in [5.41, 5.74) is 2.46. The fourth-order valence-electron chi connectivity index (χ4n) is 5.90. The third-order valence-corrected chi connectivity index (χ3v) is 9.76. The van der Waals surface area contributed by atoms with Crippen molar-refractivity contribution < 1.29 is 5.11 Å². The fourth-order valence-corrected chi connectivity index (χ4v) is 7.00. The van der Waals surface area contributed by atoms with E-state index in [9.17, 15) is 5.11 Å². The van der Waals surface area contributed by atoms with Crippen molar-refractivity contribution in [1.29, 1.82) is 0 Å². The lowest BCUT2D eigenvalue weighted by Crippen LogP contribution is -1.91. The van der Waals surface area contributed by atoms with Crippen LogP contribution in [0.15, 0.2) is 17.0 Å². The van der Waals surface area contributed by atoms with Gasteiger partial charge in [-0.15, -0.1) is 11.8 Å². The molecule has 0 unspecified atom stereocenters. The van der Waals surface area contributed by atoms with E-state index in [1.165, 1.54) is 179 Å². The number of unbranched alkanes of at least 4 members (excludes halogenated alkanes) is 25. The molecular weight excluding hydrogens is 504 g/mol. The van der Waals surface area contributed by atoms with E-state index in [-0.39, 0.29) is 0 Å². The molecule has 1 N–H and O–H groups in total. The lowest BCUT2D eigenvalue weighted by molar-refractivity contribution is 0.457. The summed E-state index contributed by atoms with van der Waals surface area (Å²) in [6, 6.07) is 4.47. The summed E-state index contributed by atoms with van der Waals surface area (Å²) >= 11 is 1.87. The van der Waals surface area contributed by atoms with Gasteiger partial charge in [0.05, 0.1) is 0 Å². The van der Waals surface area contributed by atoms with Crippen LogP contribution in [0.5, 0.6) is 5.75 Å². The number of hydrogen-bond donors (Lipinski definition) is 1. The minimum atomic E-state index is 0.515. The zero-order valence-corrected chi connectivity index (χ0v) is 28.3. The molecule has 0 spiro atoms. The predicted octanol–water partition coefficient (Wildman–Crippen LogP) is 13.9. The molecule has 0 radical (unpaired) electrons. The number of aromatic hydroxyl groups is 1. The first-order valence-electron chi connectivity index (χ1n) is 18.1. The summed E-state index contributed by atoms with van der Waals surface area (Å²) in [6.45, 7) is 6.65. The van der Waals surface area contributed by atoms with Gasteiger partial charge < -0.3 is 5.11 Å². The van der Waals surface area contributed by atoms with Crippen molar-refractivity contribution in [2.24, 2.45) is 0 Å². The summed E-state index contributed by atoms with van der Waals surface area (Å²) in [7, 11) is 0. The molecule has 0 aliphatic carbocycles. The molecule has 0 fully saturated rings. The Morgan fingerprint density at radius 2 is 0.825 bits per heavy atom. The standard InChI is InChI=1S/C38H70OS/c1-4-6-8-10-12-13-14-15-16-17-18-19-20-21-22-23-24-26-28-30-32-40-37-34-36(33-35(3)38(37)39)31-29-27-25-11-9-7-5-2/h33-34,39H,4-32H2,1-3H3. The average molecular weight is 575 g/mol. The number of benzene rings is 1. The van der Waals surface area contributed by atoms with Crippen LogP contribution < -0.4 is 0 Å². The van der Waals surface area contributed by atoms with Gasteiger partial charge in [-0.3, -0.25) is 0 Å². The number of aryl methyl sites for hydroxylation is 2. The Hall–Kier alpha value is -0.630. The molecule has 0 amide bonds. The van der Waals surface area contributed by atoms with Crippen molar-refractivity contribution in [1.82, 2.24) is 0 Å². The van der Waals surface area contributed by atoms with Crippen LogP contribution in [-0.2, 0) is 6.42 Å². The number of thioether (sulfide) groups is 1.